The zero-order valence-electron chi connectivity index (χ0n) is 20.7. The van der Waals surface area contributed by atoms with Crippen molar-refractivity contribution < 1.29 is 33.0 Å². The first kappa shape index (κ1) is 28.7. The van der Waals surface area contributed by atoms with Gasteiger partial charge in [0.25, 0.3) is 0 Å². The maximum Gasteiger partial charge on any atom is 0.459 e. The maximum absolute atomic E-state index is 13.6. The van der Waals surface area contributed by atoms with Crippen molar-refractivity contribution in [2.45, 2.75) is 58.3 Å². The van der Waals surface area contributed by atoms with Gasteiger partial charge in [-0.1, -0.05) is 30.4 Å². The van der Waals surface area contributed by atoms with Crippen molar-refractivity contribution in [3.63, 3.8) is 0 Å². The molecule has 0 radical (unpaired) electrons. The molecule has 2 heterocycles. The van der Waals surface area contributed by atoms with Gasteiger partial charge in [0.15, 0.2) is 6.23 Å². The van der Waals surface area contributed by atoms with Gasteiger partial charge in [-0.25, -0.2) is 9.36 Å². The molecule has 3 N–H and O–H groups in total. The van der Waals surface area contributed by atoms with E-state index >= 15 is 0 Å². The number of nitriles is 1. The lowest BCUT2D eigenvalue weighted by molar-refractivity contribution is -0.149. The number of benzene rings is 1. The molecule has 1 aromatic heterocycles. The number of nitrogens with zero attached hydrogens (tertiary/aromatic N) is 2. The summed E-state index contributed by atoms with van der Waals surface area (Å²) in [4.78, 5) is 27.2. The Hall–Kier alpha value is -2.85. The van der Waals surface area contributed by atoms with Gasteiger partial charge in [0.05, 0.1) is 18.8 Å². The zero-order chi connectivity index (χ0) is 27.3. The second-order valence-corrected chi connectivity index (χ2v) is 10.8. The fourth-order valence-corrected chi connectivity index (χ4v) is 5.18. The van der Waals surface area contributed by atoms with E-state index in [-0.39, 0.29) is 10.4 Å². The van der Waals surface area contributed by atoms with Crippen LogP contribution in [0.25, 0.3) is 0 Å². The summed E-state index contributed by atoms with van der Waals surface area (Å²) in [6.07, 6.45) is -2.67. The highest BCUT2D eigenvalue weighted by Crippen LogP contribution is 2.46. The molecule has 1 saturated heterocycles. The van der Waals surface area contributed by atoms with E-state index in [0.717, 1.165) is 4.57 Å². The highest BCUT2D eigenvalue weighted by molar-refractivity contribution is 7.71. The number of rotatable bonds is 10. The first-order valence-corrected chi connectivity index (χ1v) is 13.4. The molecule has 0 bridgehead atoms. The topological polar surface area (TPSA) is 165 Å². The predicted octanol–water partition coefficient (Wildman–Crippen LogP) is 2.75. The molecule has 14 heteroatoms. The Morgan fingerprint density at radius 3 is 2.65 bits per heavy atom. The van der Waals surface area contributed by atoms with Gasteiger partial charge in [-0.05, 0) is 39.8 Å². The lowest BCUT2D eigenvalue weighted by atomic mass is 10.0. The minimum atomic E-state index is -4.23. The number of para-hydroxylation sites is 1. The number of aliphatic hydroxyl groups excluding tert-OH is 1. The van der Waals surface area contributed by atoms with Crippen LogP contribution in [0.15, 0.2) is 41.3 Å². The Bertz CT molecular complexity index is 1310. The van der Waals surface area contributed by atoms with Gasteiger partial charge in [0, 0.05) is 11.8 Å². The Morgan fingerprint density at radius 1 is 1.35 bits per heavy atom. The number of nitrogens with one attached hydrogen (secondary N) is 2. The molecule has 1 aromatic carbocycles. The minimum Gasteiger partial charge on any atom is -0.462 e. The summed E-state index contributed by atoms with van der Waals surface area (Å²) in [7, 11) is -4.23. The van der Waals surface area contributed by atoms with Crippen molar-refractivity contribution in [1.82, 2.24) is 14.6 Å². The lowest BCUT2D eigenvalue weighted by Gasteiger charge is -2.25. The van der Waals surface area contributed by atoms with Crippen LogP contribution in [-0.2, 0) is 23.4 Å². The van der Waals surface area contributed by atoms with E-state index in [2.05, 4.69) is 10.1 Å². The smallest absolute Gasteiger partial charge is 0.459 e. The van der Waals surface area contributed by atoms with Crippen LogP contribution in [0.1, 0.15) is 32.6 Å². The first-order chi connectivity index (χ1) is 17.4. The summed E-state index contributed by atoms with van der Waals surface area (Å²) < 4.78 is 37.1. The number of aromatic nitrogens is 2. The van der Waals surface area contributed by atoms with E-state index in [1.54, 1.807) is 51.1 Å². The molecule has 1 aliphatic rings. The van der Waals surface area contributed by atoms with Gasteiger partial charge in [0.1, 0.15) is 34.6 Å². The van der Waals surface area contributed by atoms with Crippen molar-refractivity contribution in [3.05, 3.63) is 57.2 Å². The number of carbonyl (C=O) groups excluding carboxylic acids is 1. The summed E-state index contributed by atoms with van der Waals surface area (Å²) in [6, 6.07) is 9.03. The quantitative estimate of drug-likeness (QED) is 0.225. The zero-order valence-corrected chi connectivity index (χ0v) is 22.4. The number of carbonyl (C=O) groups is 1. The molecule has 0 amide bonds. The Kier molecular flexibility index (Phi) is 9.41. The molecular weight excluding hydrogens is 523 g/mol. The third-order valence-electron chi connectivity index (χ3n) is 5.37. The SMILES string of the molecule is Cc1cn([C@H]2O[C@@H](COP(=O)(N[C@@H](C)C(=O)OC(C)C)Oc3ccccc3)[C@@H](O)C2C#N)c(=O)[nH]c1=S. The molecule has 2 aromatic rings. The lowest BCUT2D eigenvalue weighted by Crippen LogP contribution is -2.37. The van der Waals surface area contributed by atoms with Crippen molar-refractivity contribution in [1.29, 1.82) is 5.26 Å². The normalized spacial score (nSPS) is 23.7. The molecule has 200 valence electrons. The minimum absolute atomic E-state index is 0.199. The van der Waals surface area contributed by atoms with E-state index in [4.69, 9.17) is 30.7 Å². The maximum atomic E-state index is 13.6. The molecule has 1 aliphatic heterocycles. The van der Waals surface area contributed by atoms with Crippen molar-refractivity contribution in [3.8, 4) is 11.8 Å². The van der Waals surface area contributed by atoms with Gasteiger partial charge >= 0.3 is 19.4 Å². The van der Waals surface area contributed by atoms with Crippen LogP contribution in [0.2, 0.25) is 0 Å². The number of hydrogen-bond acceptors (Lipinski definition) is 10. The van der Waals surface area contributed by atoms with Crippen molar-refractivity contribution >= 4 is 25.9 Å². The second kappa shape index (κ2) is 12.1. The van der Waals surface area contributed by atoms with E-state index in [9.17, 15) is 24.5 Å². The fraction of sp³-hybridized carbons (Fsp3) is 0.478. The van der Waals surface area contributed by atoms with Gasteiger partial charge in [-0.3, -0.25) is 18.9 Å². The Labute approximate surface area is 218 Å². The third kappa shape index (κ3) is 7.13. The van der Waals surface area contributed by atoms with E-state index in [1.165, 1.54) is 13.1 Å². The van der Waals surface area contributed by atoms with Crippen molar-refractivity contribution in [2.24, 2.45) is 5.92 Å². The Balaban J connectivity index is 1.81. The molecule has 0 saturated carbocycles. The molecule has 37 heavy (non-hydrogen) atoms. The molecule has 0 aliphatic carbocycles. The average molecular weight is 553 g/mol. The standard InChI is InChI=1S/C23H29N4O8PS/c1-13(2)33-22(29)15(4)26-36(31,35-16-8-6-5-7-9-16)32-12-18-19(28)17(10-24)21(34-18)27-11-14(3)20(37)25-23(27)30/h5-9,11,13,15,17-19,21,28H,12H2,1-4H3,(H,26,31)(H,25,30,37)/t15-,17?,18-,19-,21-,36?/m0/s1. The number of H-pyrrole nitrogens is 1. The highest BCUT2D eigenvalue weighted by atomic mass is 32.1. The largest absolute Gasteiger partial charge is 0.462 e. The van der Waals surface area contributed by atoms with Crippen LogP contribution in [0.3, 0.4) is 0 Å². The first-order valence-electron chi connectivity index (χ1n) is 11.5. The van der Waals surface area contributed by atoms with Crippen LogP contribution < -0.4 is 15.3 Å². The summed E-state index contributed by atoms with van der Waals surface area (Å²) in [5.74, 6) is -1.61. The fourth-order valence-electron chi connectivity index (χ4n) is 3.54. The van der Waals surface area contributed by atoms with Crippen molar-refractivity contribution in [2.75, 3.05) is 6.61 Å². The van der Waals surface area contributed by atoms with E-state index in [1.807, 2.05) is 6.07 Å². The third-order valence-corrected chi connectivity index (χ3v) is 7.44. The van der Waals surface area contributed by atoms with Crippen LogP contribution >= 0.6 is 20.0 Å². The van der Waals surface area contributed by atoms with Crippen LogP contribution in [-0.4, -0.2) is 51.6 Å². The molecule has 2 unspecified atom stereocenters. The van der Waals surface area contributed by atoms with Crippen LogP contribution in [0, 0.1) is 28.8 Å². The van der Waals surface area contributed by atoms with Gasteiger partial charge in [0.2, 0.25) is 0 Å². The number of esters is 1. The monoisotopic (exact) mass is 552 g/mol. The molecule has 6 atom stereocenters. The molecule has 1 fully saturated rings. The highest BCUT2D eigenvalue weighted by Gasteiger charge is 2.47. The van der Waals surface area contributed by atoms with Crippen LogP contribution in [0.5, 0.6) is 5.75 Å². The van der Waals surface area contributed by atoms with E-state index in [0.29, 0.717) is 5.56 Å². The summed E-state index contributed by atoms with van der Waals surface area (Å²) in [6.45, 7) is 5.97. The Morgan fingerprint density at radius 2 is 2.03 bits per heavy atom. The number of aryl methyl sites for hydroxylation is 1. The molecule has 12 nitrogen and oxygen atoms in total. The van der Waals surface area contributed by atoms with E-state index < -0.39 is 62.5 Å². The second-order valence-electron chi connectivity index (χ2n) is 8.72. The number of ether oxygens (including phenoxy) is 2. The van der Waals surface area contributed by atoms with Gasteiger partial charge in [-0.15, -0.1) is 0 Å². The molecule has 3 rings (SSSR count). The average Bonchev–Trinajstić information content (AvgIpc) is 3.15. The van der Waals surface area contributed by atoms with Gasteiger partial charge < -0.3 is 19.1 Å². The number of aromatic amines is 1. The van der Waals surface area contributed by atoms with Crippen LogP contribution in [0.4, 0.5) is 0 Å². The summed E-state index contributed by atoms with van der Waals surface area (Å²) in [5.41, 5.74) is -0.0526. The predicted molar refractivity (Wildman–Crippen MR) is 134 cm³/mol. The summed E-state index contributed by atoms with van der Waals surface area (Å²) >= 11 is 5.06. The number of aliphatic hydroxyl groups is 1. The molecule has 0 spiro atoms. The number of hydrogen-bond donors (Lipinski definition) is 3. The summed E-state index contributed by atoms with van der Waals surface area (Å²) in [5, 5.41) is 22.9. The molecular formula is C23H29N4O8PS. The van der Waals surface area contributed by atoms with Gasteiger partial charge in [-0.2, -0.15) is 10.3 Å².